The molecule has 0 unspecified atom stereocenters. The van der Waals surface area contributed by atoms with Crippen molar-refractivity contribution < 1.29 is 38.1 Å². The Hall–Kier alpha value is -6.55. The Morgan fingerprint density at radius 1 is 0.708 bits per heavy atom. The fraction of sp³-hybridized carbons (Fsp3) is 0.0789. The van der Waals surface area contributed by atoms with Crippen LogP contribution in [-0.4, -0.2) is 44.2 Å². The van der Waals surface area contributed by atoms with Gasteiger partial charge >= 0.3 is 11.9 Å². The van der Waals surface area contributed by atoms with Gasteiger partial charge in [0.1, 0.15) is 0 Å². The molecule has 238 valence electrons. The highest BCUT2D eigenvalue weighted by Crippen LogP contribution is 2.41. The monoisotopic (exact) mass is 640 g/mol. The van der Waals surface area contributed by atoms with E-state index in [1.165, 1.54) is 27.4 Å². The van der Waals surface area contributed by atoms with Crippen LogP contribution in [-0.2, 0) is 23.8 Å². The van der Waals surface area contributed by atoms with Crippen molar-refractivity contribution in [1.29, 1.82) is 0 Å². The summed E-state index contributed by atoms with van der Waals surface area (Å²) < 4.78 is 17.2. The topological polar surface area (TPSA) is 126 Å². The molecule has 1 heterocycles. The van der Waals surface area contributed by atoms with Gasteiger partial charge in [-0.1, -0.05) is 99.9 Å². The molecule has 0 aliphatic carbocycles. The summed E-state index contributed by atoms with van der Waals surface area (Å²) in [6.07, 6.45) is 5.04. The number of fused-ring (bicyclic) bond motifs is 4. The maximum atomic E-state index is 13.9. The second-order valence-electron chi connectivity index (χ2n) is 10.7. The molecule has 0 bridgehead atoms. The molecule has 0 atom stereocenters. The smallest absolute Gasteiger partial charge is 0.379 e. The van der Waals surface area contributed by atoms with Crippen LogP contribution in [0.2, 0.25) is 0 Å². The van der Waals surface area contributed by atoms with Crippen molar-refractivity contribution >= 4 is 79.5 Å². The first-order chi connectivity index (χ1) is 23.3. The number of nitro benzene ring substituents is 1. The number of nitrogens with zero attached hydrogens (tertiary/aromatic N) is 2. The number of esters is 3. The largest absolute Gasteiger partial charge is 0.490 e. The summed E-state index contributed by atoms with van der Waals surface area (Å²) in [5.74, 6) is -2.16. The summed E-state index contributed by atoms with van der Waals surface area (Å²) in [5.41, 5.74) is 2.13. The van der Waals surface area contributed by atoms with Gasteiger partial charge in [-0.05, 0) is 23.8 Å². The Kier molecular flexibility index (Phi) is 8.55. The molecule has 0 spiro atoms. The minimum atomic E-state index is -0.809. The van der Waals surface area contributed by atoms with Gasteiger partial charge in [0.05, 0.1) is 42.8 Å². The van der Waals surface area contributed by atoms with Gasteiger partial charge in [0.2, 0.25) is 5.52 Å². The first kappa shape index (κ1) is 31.4. The van der Waals surface area contributed by atoms with E-state index in [1.54, 1.807) is 83.6 Å². The summed E-state index contributed by atoms with van der Waals surface area (Å²) >= 11 is 0. The minimum Gasteiger partial charge on any atom is -0.490 e. The standard InChI is InChI=1S/C38H28N2O8/c1-46-36(41)29-16-10-15-28-32(29)26-13-5-6-14-27(26)33(28)34(37(42)47-2)35(38(43)48-3)39-22-21-23(25-12-7-9-18-31(25)39)19-20-24-11-4-8-17-30(24)40(44)45/h4-22H,1-3H3/b20-19+,35-34-. The molecule has 10 heteroatoms. The van der Waals surface area contributed by atoms with Gasteiger partial charge in [-0.3, -0.25) is 14.9 Å². The SMILES string of the molecule is COC(=O)/C(=C(/C(=O)OC)[n+]1ccc(/C=C/c2ccccc2[N+](=O)[O-])c2ccccc21)[c-]1c2ccccc2c2c(C(=O)OC)cccc21. The zero-order chi connectivity index (χ0) is 33.9. The van der Waals surface area contributed by atoms with Crippen LogP contribution in [0.5, 0.6) is 0 Å². The molecule has 10 nitrogen and oxygen atoms in total. The highest BCUT2D eigenvalue weighted by molar-refractivity contribution is 6.39. The molecular weight excluding hydrogens is 612 g/mol. The number of benzene rings is 4. The zero-order valence-corrected chi connectivity index (χ0v) is 26.1. The lowest BCUT2D eigenvalue weighted by Crippen LogP contribution is -2.39. The van der Waals surface area contributed by atoms with Crippen molar-refractivity contribution in [2.45, 2.75) is 0 Å². The van der Waals surface area contributed by atoms with Crippen molar-refractivity contribution in [3.63, 3.8) is 0 Å². The predicted molar refractivity (Wildman–Crippen MR) is 182 cm³/mol. The van der Waals surface area contributed by atoms with E-state index in [1.807, 2.05) is 30.3 Å². The molecule has 0 N–H and O–H groups in total. The fourth-order valence-corrected chi connectivity index (χ4v) is 6.07. The van der Waals surface area contributed by atoms with Crippen molar-refractivity contribution in [2.75, 3.05) is 21.3 Å². The van der Waals surface area contributed by atoms with E-state index >= 15 is 0 Å². The number of rotatable bonds is 8. The third-order valence-corrected chi connectivity index (χ3v) is 8.15. The summed E-state index contributed by atoms with van der Waals surface area (Å²) in [5, 5.41) is 14.7. The third kappa shape index (κ3) is 5.35. The zero-order valence-electron chi connectivity index (χ0n) is 26.1. The average molecular weight is 641 g/mol. The van der Waals surface area contributed by atoms with Gasteiger partial charge in [0, 0.05) is 23.8 Å². The van der Waals surface area contributed by atoms with Gasteiger partial charge in [-0.2, -0.15) is 4.57 Å². The summed E-state index contributed by atoms with van der Waals surface area (Å²) in [7, 11) is 3.74. The second kappa shape index (κ2) is 13.1. The van der Waals surface area contributed by atoms with Gasteiger partial charge in [-0.15, -0.1) is 0 Å². The Bertz CT molecular complexity index is 2350. The Labute approximate surface area is 274 Å². The Morgan fingerprint density at radius 2 is 1.35 bits per heavy atom. The first-order valence-electron chi connectivity index (χ1n) is 14.8. The quantitative estimate of drug-likeness (QED) is 0.0341. The Balaban J connectivity index is 1.68. The molecule has 0 saturated heterocycles. The van der Waals surface area contributed by atoms with E-state index in [0.717, 1.165) is 0 Å². The number of ether oxygens (including phenoxy) is 3. The van der Waals surface area contributed by atoms with Crippen LogP contribution in [0.4, 0.5) is 5.69 Å². The molecule has 0 radical (unpaired) electrons. The molecule has 6 aromatic rings. The van der Waals surface area contributed by atoms with Gasteiger partial charge in [0.15, 0.2) is 6.20 Å². The van der Waals surface area contributed by atoms with Crippen LogP contribution in [0.3, 0.4) is 0 Å². The van der Waals surface area contributed by atoms with Crippen LogP contribution in [0, 0.1) is 10.1 Å². The maximum absolute atomic E-state index is 13.9. The Morgan fingerprint density at radius 3 is 2.08 bits per heavy atom. The molecule has 0 aliphatic heterocycles. The van der Waals surface area contributed by atoms with E-state index in [4.69, 9.17) is 14.2 Å². The molecule has 5 aromatic carbocycles. The van der Waals surface area contributed by atoms with Gasteiger partial charge in [-0.25, -0.2) is 9.59 Å². The normalized spacial score (nSPS) is 11.9. The van der Waals surface area contributed by atoms with Crippen molar-refractivity contribution in [3.05, 3.63) is 136 Å². The molecule has 0 aliphatic rings. The minimum absolute atomic E-state index is 0.0350. The van der Waals surface area contributed by atoms with Crippen LogP contribution < -0.4 is 4.57 Å². The first-order valence-corrected chi connectivity index (χ1v) is 14.8. The fourth-order valence-electron chi connectivity index (χ4n) is 6.07. The molecule has 0 fully saturated rings. The number of nitro groups is 1. The van der Waals surface area contributed by atoms with Crippen molar-refractivity contribution in [2.24, 2.45) is 0 Å². The number of hydrogen-bond acceptors (Lipinski definition) is 8. The summed E-state index contributed by atoms with van der Waals surface area (Å²) in [4.78, 5) is 51.8. The summed E-state index contributed by atoms with van der Waals surface area (Å²) in [6.45, 7) is 0. The number of carbonyl (C=O) groups excluding carboxylic acids is 3. The van der Waals surface area contributed by atoms with Crippen LogP contribution in [0.25, 0.3) is 55.9 Å². The van der Waals surface area contributed by atoms with Crippen molar-refractivity contribution in [3.8, 4) is 0 Å². The number of pyridine rings is 1. The summed E-state index contributed by atoms with van der Waals surface area (Å²) in [6, 6.07) is 27.8. The molecule has 0 amide bonds. The number of carbonyl (C=O) groups is 3. The molecule has 0 saturated carbocycles. The molecule has 48 heavy (non-hydrogen) atoms. The average Bonchev–Trinajstić information content (AvgIpc) is 3.46. The lowest BCUT2D eigenvalue weighted by Gasteiger charge is -2.15. The number of para-hydroxylation sites is 2. The lowest BCUT2D eigenvalue weighted by atomic mass is 9.98. The third-order valence-electron chi connectivity index (χ3n) is 8.15. The van der Waals surface area contributed by atoms with E-state index in [9.17, 15) is 24.5 Å². The van der Waals surface area contributed by atoms with Crippen LogP contribution >= 0.6 is 0 Å². The van der Waals surface area contributed by atoms with Crippen LogP contribution in [0.1, 0.15) is 27.0 Å². The van der Waals surface area contributed by atoms with E-state index < -0.39 is 22.8 Å². The van der Waals surface area contributed by atoms with Gasteiger partial charge in [0.25, 0.3) is 17.4 Å². The molecular formula is C38H28N2O8. The molecule has 6 rings (SSSR count). The van der Waals surface area contributed by atoms with Crippen LogP contribution in [0.15, 0.2) is 103 Å². The van der Waals surface area contributed by atoms with E-state index in [-0.39, 0.29) is 17.0 Å². The highest BCUT2D eigenvalue weighted by Gasteiger charge is 2.32. The van der Waals surface area contributed by atoms with Crippen molar-refractivity contribution in [1.82, 2.24) is 0 Å². The van der Waals surface area contributed by atoms with E-state index in [0.29, 0.717) is 54.7 Å². The number of aromatic nitrogens is 1. The number of methoxy groups -OCH3 is 3. The molecule has 1 aromatic heterocycles. The predicted octanol–water partition coefficient (Wildman–Crippen LogP) is 6.73. The number of hydrogen-bond donors (Lipinski definition) is 0. The van der Waals surface area contributed by atoms with E-state index in [2.05, 4.69) is 0 Å². The maximum Gasteiger partial charge on any atom is 0.379 e. The highest BCUT2D eigenvalue weighted by atomic mass is 16.6. The van der Waals surface area contributed by atoms with Gasteiger partial charge < -0.3 is 14.2 Å². The lowest BCUT2D eigenvalue weighted by molar-refractivity contribution is -0.548. The second-order valence-corrected chi connectivity index (χ2v) is 10.7.